The Morgan fingerprint density at radius 1 is 1.43 bits per heavy atom. The molecule has 0 saturated carbocycles. The van der Waals surface area contributed by atoms with E-state index < -0.39 is 30.5 Å². The predicted molar refractivity (Wildman–Crippen MR) is 68.2 cm³/mol. The topological polar surface area (TPSA) is 45.2 Å². The maximum atomic E-state index is 13.1. The van der Waals surface area contributed by atoms with E-state index in [-0.39, 0.29) is 6.54 Å². The minimum absolute atomic E-state index is 0.236. The molecule has 0 aromatic carbocycles. The van der Waals surface area contributed by atoms with Crippen molar-refractivity contribution in [2.45, 2.75) is 19.0 Å². The Kier molecular flexibility index (Phi) is 4.64. The molecule has 1 atom stereocenters. The minimum atomic E-state index is -4.42. The summed E-state index contributed by atoms with van der Waals surface area (Å²) < 4.78 is 49.4. The van der Waals surface area contributed by atoms with Crippen LogP contribution in [0.5, 0.6) is 0 Å². The van der Waals surface area contributed by atoms with Crippen LogP contribution in [0.4, 0.5) is 23.4 Å². The van der Waals surface area contributed by atoms with Crippen LogP contribution >= 0.6 is 0 Å². The van der Waals surface area contributed by atoms with E-state index in [0.29, 0.717) is 25.2 Å². The first-order valence-electron chi connectivity index (χ1n) is 6.57. The summed E-state index contributed by atoms with van der Waals surface area (Å²) in [5.74, 6) is -1.42. The van der Waals surface area contributed by atoms with Gasteiger partial charge in [0.1, 0.15) is 12.4 Å². The third kappa shape index (κ3) is 4.57. The number of rotatable bonds is 3. The Hall–Kier alpha value is -1.86. The van der Waals surface area contributed by atoms with Gasteiger partial charge in [0.25, 0.3) is 0 Å². The van der Waals surface area contributed by atoms with Crippen LogP contribution in [0.2, 0.25) is 0 Å². The van der Waals surface area contributed by atoms with Gasteiger partial charge in [-0.15, -0.1) is 0 Å². The van der Waals surface area contributed by atoms with Crippen LogP contribution in [0.25, 0.3) is 0 Å². The zero-order valence-electron chi connectivity index (χ0n) is 11.2. The number of nitrogens with one attached hydrogen (secondary N) is 1. The number of aromatic nitrogens is 1. The SMILES string of the molecule is O=C(NCC(F)(F)F)C1CCCN(c2cccc(F)n2)C1. The third-order valence-corrected chi connectivity index (χ3v) is 3.28. The summed E-state index contributed by atoms with van der Waals surface area (Å²) in [5, 5.41) is 1.89. The normalized spacial score (nSPS) is 19.4. The van der Waals surface area contributed by atoms with Crippen LogP contribution in [0.3, 0.4) is 0 Å². The van der Waals surface area contributed by atoms with Crippen molar-refractivity contribution in [1.29, 1.82) is 0 Å². The van der Waals surface area contributed by atoms with Crippen LogP contribution in [0.1, 0.15) is 12.8 Å². The first kappa shape index (κ1) is 15.5. The molecule has 0 aliphatic carbocycles. The van der Waals surface area contributed by atoms with Gasteiger partial charge in [-0.1, -0.05) is 6.07 Å². The first-order valence-corrected chi connectivity index (χ1v) is 6.57. The van der Waals surface area contributed by atoms with Crippen molar-refractivity contribution < 1.29 is 22.4 Å². The molecule has 0 spiro atoms. The lowest BCUT2D eigenvalue weighted by atomic mass is 9.97. The highest BCUT2D eigenvalue weighted by Crippen LogP contribution is 2.22. The number of nitrogens with zero attached hydrogens (tertiary/aromatic N) is 2. The fraction of sp³-hybridized carbons (Fsp3) is 0.538. The summed E-state index contributed by atoms with van der Waals surface area (Å²) >= 11 is 0. The molecule has 1 aromatic heterocycles. The van der Waals surface area contributed by atoms with Gasteiger partial charge in [0.05, 0.1) is 5.92 Å². The average Bonchev–Trinajstić information content (AvgIpc) is 2.44. The predicted octanol–water partition coefficient (Wildman–Crippen LogP) is 2.12. The number of pyridine rings is 1. The number of hydrogen-bond acceptors (Lipinski definition) is 3. The maximum absolute atomic E-state index is 13.1. The standard InChI is InChI=1S/C13H15F4N3O/c14-10-4-1-5-11(19-10)20-6-2-3-9(7-20)12(21)18-8-13(15,16)17/h1,4-5,9H,2-3,6-8H2,(H,18,21). The van der Waals surface area contributed by atoms with Crippen LogP contribution < -0.4 is 10.2 Å². The molecule has 116 valence electrons. The molecule has 1 N–H and O–H groups in total. The van der Waals surface area contributed by atoms with Crippen LogP contribution in [0.15, 0.2) is 18.2 Å². The average molecular weight is 305 g/mol. The van der Waals surface area contributed by atoms with E-state index in [9.17, 15) is 22.4 Å². The molecule has 1 fully saturated rings. The Bertz CT molecular complexity index is 506. The molecule has 1 saturated heterocycles. The number of alkyl halides is 3. The highest BCUT2D eigenvalue weighted by molar-refractivity contribution is 5.79. The quantitative estimate of drug-likeness (QED) is 0.687. The molecular weight excluding hydrogens is 290 g/mol. The second-order valence-electron chi connectivity index (χ2n) is 4.94. The fourth-order valence-electron chi connectivity index (χ4n) is 2.30. The van der Waals surface area contributed by atoms with E-state index in [1.807, 2.05) is 5.32 Å². The molecular formula is C13H15F4N3O. The number of carbonyl (C=O) groups excluding carboxylic acids is 1. The van der Waals surface area contributed by atoms with E-state index in [0.717, 1.165) is 0 Å². The van der Waals surface area contributed by atoms with Gasteiger partial charge in [0.2, 0.25) is 11.9 Å². The van der Waals surface area contributed by atoms with Crippen LogP contribution in [-0.4, -0.2) is 36.7 Å². The van der Waals surface area contributed by atoms with E-state index in [1.54, 1.807) is 11.0 Å². The van der Waals surface area contributed by atoms with Gasteiger partial charge in [0, 0.05) is 13.1 Å². The largest absolute Gasteiger partial charge is 0.405 e. The zero-order valence-corrected chi connectivity index (χ0v) is 11.2. The number of anilines is 1. The minimum Gasteiger partial charge on any atom is -0.356 e. The van der Waals surface area contributed by atoms with Gasteiger partial charge in [-0.2, -0.15) is 17.6 Å². The van der Waals surface area contributed by atoms with Crippen molar-refractivity contribution in [2.75, 3.05) is 24.5 Å². The molecule has 4 nitrogen and oxygen atoms in total. The van der Waals surface area contributed by atoms with Crippen molar-refractivity contribution >= 4 is 11.7 Å². The van der Waals surface area contributed by atoms with Crippen LogP contribution in [0, 0.1) is 11.9 Å². The summed E-state index contributed by atoms with van der Waals surface area (Å²) in [6, 6.07) is 4.32. The number of halogens is 4. The highest BCUT2D eigenvalue weighted by Gasteiger charge is 2.31. The smallest absolute Gasteiger partial charge is 0.356 e. The highest BCUT2D eigenvalue weighted by atomic mass is 19.4. The maximum Gasteiger partial charge on any atom is 0.405 e. The summed E-state index contributed by atoms with van der Waals surface area (Å²) in [6.07, 6.45) is -3.27. The van der Waals surface area contributed by atoms with E-state index >= 15 is 0 Å². The van der Waals surface area contributed by atoms with Gasteiger partial charge in [-0.05, 0) is 25.0 Å². The summed E-state index contributed by atoms with van der Waals surface area (Å²) in [4.78, 5) is 17.2. The van der Waals surface area contributed by atoms with Gasteiger partial charge in [0.15, 0.2) is 0 Å². The molecule has 0 radical (unpaired) electrons. The number of hydrogen-bond donors (Lipinski definition) is 1. The Balaban J connectivity index is 1.96. The van der Waals surface area contributed by atoms with Gasteiger partial charge >= 0.3 is 6.18 Å². The van der Waals surface area contributed by atoms with Crippen molar-refractivity contribution in [2.24, 2.45) is 5.92 Å². The van der Waals surface area contributed by atoms with Crippen molar-refractivity contribution in [1.82, 2.24) is 10.3 Å². The molecule has 2 rings (SSSR count). The molecule has 1 aromatic rings. The lowest BCUT2D eigenvalue weighted by Gasteiger charge is -2.32. The molecule has 2 heterocycles. The molecule has 0 bridgehead atoms. The molecule has 1 aliphatic heterocycles. The number of piperidine rings is 1. The second kappa shape index (κ2) is 6.28. The first-order chi connectivity index (χ1) is 9.85. The van der Waals surface area contributed by atoms with Gasteiger partial charge in [-0.25, -0.2) is 4.98 Å². The van der Waals surface area contributed by atoms with Gasteiger partial charge in [-0.3, -0.25) is 4.79 Å². The van der Waals surface area contributed by atoms with Crippen LogP contribution in [-0.2, 0) is 4.79 Å². The molecule has 8 heteroatoms. The lowest BCUT2D eigenvalue weighted by molar-refractivity contribution is -0.140. The van der Waals surface area contributed by atoms with E-state index in [2.05, 4.69) is 4.98 Å². The Labute approximate surface area is 119 Å². The van der Waals surface area contributed by atoms with E-state index in [1.165, 1.54) is 12.1 Å². The summed E-state index contributed by atoms with van der Waals surface area (Å²) in [7, 11) is 0. The van der Waals surface area contributed by atoms with Crippen molar-refractivity contribution in [3.63, 3.8) is 0 Å². The fourth-order valence-corrected chi connectivity index (χ4v) is 2.30. The molecule has 1 unspecified atom stereocenters. The molecule has 1 amide bonds. The summed E-state index contributed by atoms with van der Waals surface area (Å²) in [5.41, 5.74) is 0. The van der Waals surface area contributed by atoms with E-state index in [4.69, 9.17) is 0 Å². The van der Waals surface area contributed by atoms with Crippen molar-refractivity contribution in [3.05, 3.63) is 24.1 Å². The van der Waals surface area contributed by atoms with Gasteiger partial charge < -0.3 is 10.2 Å². The summed E-state index contributed by atoms with van der Waals surface area (Å²) in [6.45, 7) is -0.500. The monoisotopic (exact) mass is 305 g/mol. The second-order valence-corrected chi connectivity index (χ2v) is 4.94. The Morgan fingerprint density at radius 3 is 2.86 bits per heavy atom. The zero-order chi connectivity index (χ0) is 15.5. The molecule has 1 aliphatic rings. The third-order valence-electron chi connectivity index (χ3n) is 3.28. The number of carbonyl (C=O) groups is 1. The Morgan fingerprint density at radius 2 is 2.19 bits per heavy atom. The lowest BCUT2D eigenvalue weighted by Crippen LogP contribution is -2.45. The van der Waals surface area contributed by atoms with Crippen molar-refractivity contribution in [3.8, 4) is 0 Å². The number of amides is 1. The molecule has 21 heavy (non-hydrogen) atoms.